The quantitative estimate of drug-likeness (QED) is 0.784. The van der Waals surface area contributed by atoms with E-state index in [1.54, 1.807) is 0 Å². The van der Waals surface area contributed by atoms with Gasteiger partial charge in [-0.2, -0.15) is 11.8 Å². The Balaban J connectivity index is 1.99. The van der Waals surface area contributed by atoms with Gasteiger partial charge < -0.3 is 5.11 Å². The first-order valence-electron chi connectivity index (χ1n) is 5.85. The summed E-state index contributed by atoms with van der Waals surface area (Å²) in [6, 6.07) is 0.313. The zero-order valence-corrected chi connectivity index (χ0v) is 9.84. The molecule has 15 heavy (non-hydrogen) atoms. The van der Waals surface area contributed by atoms with Gasteiger partial charge in [0.1, 0.15) is 6.04 Å². The fourth-order valence-corrected chi connectivity index (χ4v) is 3.81. The highest BCUT2D eigenvalue weighted by molar-refractivity contribution is 7.99. The Bertz CT molecular complexity index is 229. The summed E-state index contributed by atoms with van der Waals surface area (Å²) in [6.45, 7) is 0.988. The number of piperidine rings is 1. The summed E-state index contributed by atoms with van der Waals surface area (Å²) >= 11 is 1.98. The van der Waals surface area contributed by atoms with E-state index in [9.17, 15) is 9.90 Å². The van der Waals surface area contributed by atoms with E-state index in [-0.39, 0.29) is 6.04 Å². The molecule has 0 bridgehead atoms. The monoisotopic (exact) mass is 229 g/mol. The first-order valence-corrected chi connectivity index (χ1v) is 7.01. The summed E-state index contributed by atoms with van der Waals surface area (Å²) in [4.78, 5) is 13.4. The number of carboxylic acids is 1. The van der Waals surface area contributed by atoms with E-state index >= 15 is 0 Å². The first kappa shape index (κ1) is 11.3. The lowest BCUT2D eigenvalue weighted by molar-refractivity contribution is -0.145. The fourth-order valence-electron chi connectivity index (χ4n) is 2.64. The molecule has 0 aromatic rings. The highest BCUT2D eigenvalue weighted by Gasteiger charge is 2.33. The van der Waals surface area contributed by atoms with Crippen LogP contribution < -0.4 is 0 Å². The number of carboxylic acid groups (broad SMARTS) is 1. The van der Waals surface area contributed by atoms with Gasteiger partial charge in [0.15, 0.2) is 0 Å². The third-order valence-electron chi connectivity index (χ3n) is 3.43. The molecule has 1 N–H and O–H groups in total. The SMILES string of the molecule is O=C(O)C1CCCCN1C1CCCSC1. The predicted molar refractivity (Wildman–Crippen MR) is 62.3 cm³/mol. The second-order valence-corrected chi connectivity index (χ2v) is 5.61. The second kappa shape index (κ2) is 5.21. The molecule has 2 heterocycles. The molecule has 2 atom stereocenters. The van der Waals surface area contributed by atoms with Crippen LogP contribution in [0.15, 0.2) is 0 Å². The van der Waals surface area contributed by atoms with E-state index in [0.29, 0.717) is 6.04 Å². The van der Waals surface area contributed by atoms with Crippen molar-refractivity contribution in [1.82, 2.24) is 4.90 Å². The molecule has 0 saturated carbocycles. The van der Waals surface area contributed by atoms with Gasteiger partial charge in [-0.3, -0.25) is 9.69 Å². The molecule has 2 rings (SSSR count). The molecule has 0 spiro atoms. The normalized spacial score (nSPS) is 33.9. The minimum absolute atomic E-state index is 0.206. The highest BCUT2D eigenvalue weighted by Crippen LogP contribution is 2.27. The number of nitrogens with zero attached hydrogens (tertiary/aromatic N) is 1. The van der Waals surface area contributed by atoms with Crippen molar-refractivity contribution >= 4 is 17.7 Å². The molecule has 0 amide bonds. The smallest absolute Gasteiger partial charge is 0.320 e. The third kappa shape index (κ3) is 2.67. The van der Waals surface area contributed by atoms with Crippen LogP contribution in [0.4, 0.5) is 0 Å². The number of aliphatic carboxylic acids is 1. The number of likely N-dealkylation sites (tertiary alicyclic amines) is 1. The van der Waals surface area contributed by atoms with Crippen LogP contribution in [0.5, 0.6) is 0 Å². The molecule has 0 aliphatic carbocycles. The molecule has 86 valence electrons. The summed E-state index contributed by atoms with van der Waals surface area (Å²) in [7, 11) is 0. The topological polar surface area (TPSA) is 40.5 Å². The van der Waals surface area contributed by atoms with Crippen molar-refractivity contribution in [2.75, 3.05) is 18.1 Å². The lowest BCUT2D eigenvalue weighted by atomic mass is 9.98. The Labute approximate surface area is 95.2 Å². The lowest BCUT2D eigenvalue weighted by Gasteiger charge is -2.40. The zero-order chi connectivity index (χ0) is 10.7. The van der Waals surface area contributed by atoms with Gasteiger partial charge in [0.25, 0.3) is 0 Å². The van der Waals surface area contributed by atoms with E-state index in [2.05, 4.69) is 4.90 Å². The molecule has 0 radical (unpaired) electrons. The molecule has 0 aromatic heterocycles. The Morgan fingerprint density at radius 2 is 2.13 bits per heavy atom. The van der Waals surface area contributed by atoms with Gasteiger partial charge in [0.2, 0.25) is 0 Å². The Morgan fingerprint density at radius 3 is 2.80 bits per heavy atom. The molecule has 4 heteroatoms. The van der Waals surface area contributed by atoms with Crippen molar-refractivity contribution < 1.29 is 9.90 Å². The van der Waals surface area contributed by atoms with Crippen molar-refractivity contribution in [3.63, 3.8) is 0 Å². The summed E-state index contributed by atoms with van der Waals surface area (Å²) in [5.74, 6) is 1.76. The molecule has 2 fully saturated rings. The van der Waals surface area contributed by atoms with Crippen LogP contribution in [0.3, 0.4) is 0 Å². The van der Waals surface area contributed by atoms with Gasteiger partial charge in [-0.15, -0.1) is 0 Å². The largest absolute Gasteiger partial charge is 0.480 e. The number of hydrogen-bond donors (Lipinski definition) is 1. The molecule has 2 aliphatic heterocycles. The highest BCUT2D eigenvalue weighted by atomic mass is 32.2. The van der Waals surface area contributed by atoms with E-state index in [1.807, 2.05) is 11.8 Å². The Kier molecular flexibility index (Phi) is 3.92. The van der Waals surface area contributed by atoms with Crippen LogP contribution in [0.2, 0.25) is 0 Å². The minimum Gasteiger partial charge on any atom is -0.480 e. The second-order valence-electron chi connectivity index (χ2n) is 4.46. The van der Waals surface area contributed by atoms with Crippen molar-refractivity contribution in [2.24, 2.45) is 0 Å². The maximum atomic E-state index is 11.2. The van der Waals surface area contributed by atoms with Gasteiger partial charge in [-0.05, 0) is 38.0 Å². The van der Waals surface area contributed by atoms with Gasteiger partial charge in [0.05, 0.1) is 0 Å². The average molecular weight is 229 g/mol. The first-order chi connectivity index (χ1) is 7.29. The maximum Gasteiger partial charge on any atom is 0.320 e. The summed E-state index contributed by atoms with van der Waals surface area (Å²) in [5.41, 5.74) is 0. The van der Waals surface area contributed by atoms with Crippen LogP contribution in [0, 0.1) is 0 Å². The van der Waals surface area contributed by atoms with Crippen molar-refractivity contribution in [1.29, 1.82) is 0 Å². The van der Waals surface area contributed by atoms with Crippen molar-refractivity contribution in [3.05, 3.63) is 0 Å². The van der Waals surface area contributed by atoms with Crippen molar-refractivity contribution in [3.8, 4) is 0 Å². The molecular weight excluding hydrogens is 210 g/mol. The number of hydrogen-bond acceptors (Lipinski definition) is 3. The molecular formula is C11H19NO2S. The number of thioether (sulfide) groups is 1. The maximum absolute atomic E-state index is 11.2. The summed E-state index contributed by atoms with van der Waals surface area (Å²) in [5, 5.41) is 9.19. The lowest BCUT2D eigenvalue weighted by Crippen LogP contribution is -2.51. The average Bonchev–Trinajstić information content (AvgIpc) is 2.30. The molecule has 3 nitrogen and oxygen atoms in total. The van der Waals surface area contributed by atoms with Gasteiger partial charge in [0, 0.05) is 11.8 Å². The number of carbonyl (C=O) groups is 1. The summed E-state index contributed by atoms with van der Waals surface area (Å²) < 4.78 is 0. The molecule has 2 unspecified atom stereocenters. The van der Waals surface area contributed by atoms with Gasteiger partial charge in [-0.1, -0.05) is 6.42 Å². The standard InChI is InChI=1S/C11H19NO2S/c13-11(14)10-5-1-2-6-12(10)9-4-3-7-15-8-9/h9-10H,1-8H2,(H,13,14). The molecule has 0 aromatic carbocycles. The third-order valence-corrected chi connectivity index (χ3v) is 4.63. The molecule has 2 saturated heterocycles. The van der Waals surface area contributed by atoms with E-state index < -0.39 is 5.97 Å². The van der Waals surface area contributed by atoms with E-state index in [1.165, 1.54) is 25.0 Å². The van der Waals surface area contributed by atoms with Crippen LogP contribution in [0.25, 0.3) is 0 Å². The molecule has 2 aliphatic rings. The Hall–Kier alpha value is -0.220. The van der Waals surface area contributed by atoms with Crippen LogP contribution in [-0.2, 0) is 4.79 Å². The van der Waals surface area contributed by atoms with Crippen LogP contribution >= 0.6 is 11.8 Å². The zero-order valence-electron chi connectivity index (χ0n) is 9.02. The predicted octanol–water partition coefficient (Wildman–Crippen LogP) is 1.82. The van der Waals surface area contributed by atoms with Crippen molar-refractivity contribution in [2.45, 2.75) is 44.2 Å². The minimum atomic E-state index is -0.620. The summed E-state index contributed by atoms with van der Waals surface area (Å²) in [6.07, 6.45) is 5.53. The van der Waals surface area contributed by atoms with Gasteiger partial charge >= 0.3 is 5.97 Å². The Morgan fingerprint density at radius 1 is 1.27 bits per heavy atom. The number of rotatable bonds is 2. The van der Waals surface area contributed by atoms with E-state index in [0.717, 1.165) is 25.1 Å². The van der Waals surface area contributed by atoms with Gasteiger partial charge in [-0.25, -0.2) is 0 Å². The van der Waals surface area contributed by atoms with Crippen LogP contribution in [-0.4, -0.2) is 46.1 Å². The van der Waals surface area contributed by atoms with E-state index in [4.69, 9.17) is 0 Å². The fraction of sp³-hybridized carbons (Fsp3) is 0.909. The van der Waals surface area contributed by atoms with Crippen LogP contribution in [0.1, 0.15) is 32.1 Å².